The van der Waals surface area contributed by atoms with E-state index >= 15 is 0 Å². The van der Waals surface area contributed by atoms with E-state index in [1.807, 2.05) is 0 Å². The summed E-state index contributed by atoms with van der Waals surface area (Å²) < 4.78 is 22.2. The van der Waals surface area contributed by atoms with Crippen molar-refractivity contribution in [1.82, 2.24) is 4.98 Å². The SMILES string of the molecule is Cc1c(S(C)(=O)=O)c[nH]c1C(=O)O. The lowest BCUT2D eigenvalue weighted by Gasteiger charge is -1.95. The molecule has 5 nitrogen and oxygen atoms in total. The van der Waals surface area contributed by atoms with Gasteiger partial charge in [0.15, 0.2) is 9.84 Å². The van der Waals surface area contributed by atoms with Crippen molar-refractivity contribution in [1.29, 1.82) is 0 Å². The van der Waals surface area contributed by atoms with Gasteiger partial charge in [-0.1, -0.05) is 0 Å². The van der Waals surface area contributed by atoms with Crippen molar-refractivity contribution in [2.75, 3.05) is 6.26 Å². The van der Waals surface area contributed by atoms with Gasteiger partial charge in [-0.3, -0.25) is 0 Å². The first-order valence-corrected chi connectivity index (χ1v) is 5.34. The summed E-state index contributed by atoms with van der Waals surface area (Å²) in [5.74, 6) is -1.16. The second-order valence-corrected chi connectivity index (χ2v) is 4.71. The van der Waals surface area contributed by atoms with Crippen LogP contribution in [0.2, 0.25) is 0 Å². The van der Waals surface area contributed by atoms with Crippen molar-refractivity contribution in [3.8, 4) is 0 Å². The second-order valence-electron chi connectivity index (χ2n) is 2.73. The number of aromatic nitrogens is 1. The summed E-state index contributed by atoms with van der Waals surface area (Å²) >= 11 is 0. The number of carboxylic acids is 1. The molecular formula is C7H9NO4S. The van der Waals surface area contributed by atoms with Crippen molar-refractivity contribution < 1.29 is 18.3 Å². The highest BCUT2D eigenvalue weighted by molar-refractivity contribution is 7.90. The molecule has 1 heterocycles. The molecule has 0 spiro atoms. The lowest BCUT2D eigenvalue weighted by molar-refractivity contribution is 0.0690. The highest BCUT2D eigenvalue weighted by Crippen LogP contribution is 2.17. The summed E-state index contributed by atoms with van der Waals surface area (Å²) in [7, 11) is -3.34. The predicted molar refractivity (Wildman–Crippen MR) is 45.6 cm³/mol. The van der Waals surface area contributed by atoms with Gasteiger partial charge in [0.05, 0.1) is 4.90 Å². The molecular weight excluding hydrogens is 194 g/mol. The van der Waals surface area contributed by atoms with Crippen LogP contribution in [-0.4, -0.2) is 30.7 Å². The molecule has 0 radical (unpaired) electrons. The highest BCUT2D eigenvalue weighted by Gasteiger charge is 2.18. The van der Waals surface area contributed by atoms with Crippen LogP contribution in [0.5, 0.6) is 0 Å². The first-order valence-electron chi connectivity index (χ1n) is 3.45. The van der Waals surface area contributed by atoms with Gasteiger partial charge in [-0.25, -0.2) is 13.2 Å². The minimum atomic E-state index is -3.34. The number of H-pyrrole nitrogens is 1. The van der Waals surface area contributed by atoms with Gasteiger partial charge in [0.25, 0.3) is 0 Å². The Bertz CT molecular complexity index is 443. The first-order chi connectivity index (χ1) is 5.84. The lowest BCUT2D eigenvalue weighted by atomic mass is 10.3. The summed E-state index contributed by atoms with van der Waals surface area (Å²) in [6.07, 6.45) is 2.23. The number of aromatic amines is 1. The van der Waals surface area contributed by atoms with Gasteiger partial charge >= 0.3 is 5.97 Å². The fraction of sp³-hybridized carbons (Fsp3) is 0.286. The minimum absolute atomic E-state index is 0.0323. The molecule has 0 aromatic carbocycles. The van der Waals surface area contributed by atoms with E-state index < -0.39 is 15.8 Å². The summed E-state index contributed by atoms with van der Waals surface area (Å²) in [4.78, 5) is 13.0. The lowest BCUT2D eigenvalue weighted by Crippen LogP contribution is -2.01. The Morgan fingerprint density at radius 2 is 2.08 bits per heavy atom. The Hall–Kier alpha value is -1.30. The third kappa shape index (κ3) is 1.72. The molecule has 0 aliphatic carbocycles. The largest absolute Gasteiger partial charge is 0.477 e. The van der Waals surface area contributed by atoms with Gasteiger partial charge in [0.1, 0.15) is 5.69 Å². The van der Waals surface area contributed by atoms with Gasteiger partial charge in [0, 0.05) is 18.0 Å². The zero-order valence-corrected chi connectivity index (χ0v) is 7.97. The maximum absolute atomic E-state index is 11.1. The number of hydrogen-bond donors (Lipinski definition) is 2. The van der Waals surface area contributed by atoms with Gasteiger partial charge in [0.2, 0.25) is 0 Å². The predicted octanol–water partition coefficient (Wildman–Crippen LogP) is 0.425. The van der Waals surface area contributed by atoms with Crippen LogP contribution in [0.15, 0.2) is 11.1 Å². The smallest absolute Gasteiger partial charge is 0.352 e. The van der Waals surface area contributed by atoms with Crippen molar-refractivity contribution in [3.63, 3.8) is 0 Å². The Morgan fingerprint density at radius 3 is 2.31 bits per heavy atom. The van der Waals surface area contributed by atoms with Crippen LogP contribution in [0.3, 0.4) is 0 Å². The van der Waals surface area contributed by atoms with Gasteiger partial charge in [-0.05, 0) is 6.92 Å². The second kappa shape index (κ2) is 2.88. The monoisotopic (exact) mass is 203 g/mol. The van der Waals surface area contributed by atoms with Crippen LogP contribution in [0, 0.1) is 6.92 Å². The summed E-state index contributed by atoms with van der Waals surface area (Å²) in [5, 5.41) is 8.62. The van der Waals surface area contributed by atoms with Crippen molar-refractivity contribution >= 4 is 15.8 Å². The fourth-order valence-electron chi connectivity index (χ4n) is 1.08. The third-order valence-electron chi connectivity index (χ3n) is 1.71. The van der Waals surface area contributed by atoms with Gasteiger partial charge < -0.3 is 10.1 Å². The molecule has 0 amide bonds. The molecule has 13 heavy (non-hydrogen) atoms. The Labute approximate surface area is 75.3 Å². The van der Waals surface area contributed by atoms with Gasteiger partial charge in [-0.2, -0.15) is 0 Å². The molecule has 0 saturated heterocycles. The van der Waals surface area contributed by atoms with Crippen LogP contribution < -0.4 is 0 Å². The van der Waals surface area contributed by atoms with Crippen LogP contribution in [-0.2, 0) is 9.84 Å². The van der Waals surface area contributed by atoms with E-state index in [4.69, 9.17) is 5.11 Å². The molecule has 0 saturated carbocycles. The van der Waals surface area contributed by atoms with Crippen LogP contribution in [0.25, 0.3) is 0 Å². The average Bonchev–Trinajstić information content (AvgIpc) is 2.28. The number of nitrogens with one attached hydrogen (secondary N) is 1. The van der Waals surface area contributed by atoms with Crippen LogP contribution in [0.1, 0.15) is 16.1 Å². The molecule has 0 fully saturated rings. The molecule has 0 aliphatic heterocycles. The molecule has 1 aromatic rings. The maximum atomic E-state index is 11.1. The number of carboxylic acid groups (broad SMARTS) is 1. The van der Waals surface area contributed by atoms with E-state index in [1.165, 1.54) is 13.1 Å². The van der Waals surface area contributed by atoms with Crippen molar-refractivity contribution in [3.05, 3.63) is 17.5 Å². The standard InChI is InChI=1S/C7H9NO4S/c1-4-5(13(2,11)12)3-8-6(4)7(9)10/h3,8H,1-2H3,(H,9,10). The Morgan fingerprint density at radius 1 is 1.54 bits per heavy atom. The molecule has 1 aromatic heterocycles. The maximum Gasteiger partial charge on any atom is 0.352 e. The zero-order valence-electron chi connectivity index (χ0n) is 7.16. The van der Waals surface area contributed by atoms with Crippen molar-refractivity contribution in [2.24, 2.45) is 0 Å². The topological polar surface area (TPSA) is 87.2 Å². The Balaban J connectivity index is 3.39. The fourth-order valence-corrected chi connectivity index (χ4v) is 2.02. The number of rotatable bonds is 2. The number of aromatic carboxylic acids is 1. The van der Waals surface area contributed by atoms with E-state index in [0.717, 1.165) is 6.26 Å². The summed E-state index contributed by atoms with van der Waals surface area (Å²) in [6, 6.07) is 0. The number of hydrogen-bond acceptors (Lipinski definition) is 3. The molecule has 0 aliphatic rings. The average molecular weight is 203 g/mol. The highest BCUT2D eigenvalue weighted by atomic mass is 32.2. The minimum Gasteiger partial charge on any atom is -0.477 e. The molecule has 1 rings (SSSR count). The quantitative estimate of drug-likeness (QED) is 0.729. The van der Waals surface area contributed by atoms with E-state index in [1.54, 1.807) is 0 Å². The van der Waals surface area contributed by atoms with Gasteiger partial charge in [-0.15, -0.1) is 0 Å². The number of sulfone groups is 1. The summed E-state index contributed by atoms with van der Waals surface area (Å²) in [6.45, 7) is 1.45. The molecule has 0 unspecified atom stereocenters. The molecule has 0 bridgehead atoms. The first kappa shape index (κ1) is 9.79. The molecule has 6 heteroatoms. The molecule has 0 atom stereocenters. The number of carbonyl (C=O) groups is 1. The molecule has 72 valence electrons. The van der Waals surface area contributed by atoms with E-state index in [-0.39, 0.29) is 16.2 Å². The normalized spacial score (nSPS) is 11.5. The van der Waals surface area contributed by atoms with E-state index in [0.29, 0.717) is 0 Å². The van der Waals surface area contributed by atoms with Crippen LogP contribution in [0.4, 0.5) is 0 Å². The van der Waals surface area contributed by atoms with E-state index in [2.05, 4.69) is 4.98 Å². The Kier molecular flexibility index (Phi) is 2.17. The van der Waals surface area contributed by atoms with Crippen LogP contribution >= 0.6 is 0 Å². The summed E-state index contributed by atoms with van der Waals surface area (Å²) in [5.41, 5.74) is 0.162. The molecule has 2 N–H and O–H groups in total. The third-order valence-corrected chi connectivity index (χ3v) is 2.93. The van der Waals surface area contributed by atoms with E-state index in [9.17, 15) is 13.2 Å². The van der Waals surface area contributed by atoms with Crippen molar-refractivity contribution in [2.45, 2.75) is 11.8 Å². The zero-order chi connectivity index (χ0) is 10.2.